The summed E-state index contributed by atoms with van der Waals surface area (Å²) in [5.41, 5.74) is 1.34. The molecule has 2 aromatic rings. The van der Waals surface area contributed by atoms with E-state index < -0.39 is 0 Å². The Bertz CT molecular complexity index is 786. The van der Waals surface area contributed by atoms with Crippen molar-refractivity contribution in [3.8, 4) is 5.75 Å². The van der Waals surface area contributed by atoms with Gasteiger partial charge in [0.25, 0.3) is 5.91 Å². The van der Waals surface area contributed by atoms with Crippen LogP contribution in [0.2, 0.25) is 0 Å². The van der Waals surface area contributed by atoms with E-state index in [0.29, 0.717) is 29.3 Å². The van der Waals surface area contributed by atoms with Crippen LogP contribution in [0, 0.1) is 11.8 Å². The number of amides is 1. The molecule has 1 aromatic heterocycles. The number of carbonyl (C=O) groups is 1. The van der Waals surface area contributed by atoms with Crippen LogP contribution in [0.1, 0.15) is 16.9 Å². The van der Waals surface area contributed by atoms with Crippen molar-refractivity contribution in [1.82, 2.24) is 20.0 Å². The number of piperidine rings is 3. The highest BCUT2D eigenvalue weighted by molar-refractivity contribution is 6.07. The molecule has 4 bridgehead atoms. The number of methoxy groups -OCH3 is 1. The standard InChI is InChI=1S/C17H20N4O2/c1-23-14-4-2-3-12-15(14)16(19-18-12)17(22)21-8-10-7-20-6-5-11(10)13(21)9-20/h2-4,10-11,13H,5-9H2,1H3,(H,18,19)/t10-,11?,13-/m0/s1. The molecule has 6 heteroatoms. The van der Waals surface area contributed by atoms with Crippen molar-refractivity contribution in [2.75, 3.05) is 33.3 Å². The summed E-state index contributed by atoms with van der Waals surface area (Å²) in [5.74, 6) is 2.06. The molecule has 0 radical (unpaired) electrons. The van der Waals surface area contributed by atoms with E-state index in [9.17, 15) is 4.79 Å². The number of hydrogen-bond acceptors (Lipinski definition) is 4. The predicted octanol–water partition coefficient (Wildman–Crippen LogP) is 1.35. The molecule has 0 saturated carbocycles. The number of aromatic nitrogens is 2. The molecule has 0 spiro atoms. The van der Waals surface area contributed by atoms with Crippen LogP contribution in [0.25, 0.3) is 10.9 Å². The third-order valence-electron chi connectivity index (χ3n) is 5.88. The van der Waals surface area contributed by atoms with Crippen molar-refractivity contribution in [2.24, 2.45) is 11.8 Å². The van der Waals surface area contributed by atoms with Crippen LogP contribution in [0.15, 0.2) is 18.2 Å². The summed E-state index contributed by atoms with van der Waals surface area (Å²) in [7, 11) is 1.63. The second kappa shape index (κ2) is 4.71. The second-order valence-electron chi connectivity index (χ2n) is 6.95. The Morgan fingerprint density at radius 3 is 3.04 bits per heavy atom. The average Bonchev–Trinajstić information content (AvgIpc) is 3.13. The highest BCUT2D eigenvalue weighted by atomic mass is 16.5. The van der Waals surface area contributed by atoms with Crippen molar-refractivity contribution in [3.05, 3.63) is 23.9 Å². The quantitative estimate of drug-likeness (QED) is 0.909. The summed E-state index contributed by atoms with van der Waals surface area (Å²) in [6.45, 7) is 4.23. The maximum absolute atomic E-state index is 13.2. The molecule has 4 aliphatic rings. The largest absolute Gasteiger partial charge is 0.496 e. The van der Waals surface area contributed by atoms with E-state index in [1.165, 1.54) is 13.0 Å². The molecule has 1 N–H and O–H groups in total. The lowest BCUT2D eigenvalue weighted by Gasteiger charge is -2.44. The van der Waals surface area contributed by atoms with E-state index in [2.05, 4.69) is 20.0 Å². The van der Waals surface area contributed by atoms with Crippen LogP contribution in [-0.2, 0) is 0 Å². The Labute approximate surface area is 134 Å². The normalized spacial score (nSPS) is 31.8. The number of fused-ring (bicyclic) bond motifs is 2. The number of benzene rings is 1. The predicted molar refractivity (Wildman–Crippen MR) is 85.5 cm³/mol. The van der Waals surface area contributed by atoms with Gasteiger partial charge < -0.3 is 14.5 Å². The lowest BCUT2D eigenvalue weighted by molar-refractivity contribution is 0.0420. The van der Waals surface area contributed by atoms with Gasteiger partial charge in [-0.3, -0.25) is 9.89 Å². The van der Waals surface area contributed by atoms with E-state index >= 15 is 0 Å². The van der Waals surface area contributed by atoms with Gasteiger partial charge in [-0.05, 0) is 36.9 Å². The van der Waals surface area contributed by atoms with Crippen LogP contribution >= 0.6 is 0 Å². The van der Waals surface area contributed by atoms with Gasteiger partial charge >= 0.3 is 0 Å². The molecule has 6 nitrogen and oxygen atoms in total. The van der Waals surface area contributed by atoms with Gasteiger partial charge in [0, 0.05) is 25.7 Å². The zero-order chi connectivity index (χ0) is 15.6. The molecule has 6 rings (SSSR count). The van der Waals surface area contributed by atoms with Gasteiger partial charge in [0.05, 0.1) is 18.0 Å². The minimum absolute atomic E-state index is 0.0435. The first-order valence-corrected chi connectivity index (χ1v) is 8.30. The Morgan fingerprint density at radius 1 is 1.35 bits per heavy atom. The van der Waals surface area contributed by atoms with Gasteiger partial charge in [0.2, 0.25) is 0 Å². The second-order valence-corrected chi connectivity index (χ2v) is 6.95. The molecular weight excluding hydrogens is 292 g/mol. The highest BCUT2D eigenvalue weighted by Crippen LogP contribution is 2.42. The van der Waals surface area contributed by atoms with Crippen LogP contribution in [-0.4, -0.2) is 65.2 Å². The first kappa shape index (κ1) is 13.4. The molecule has 4 atom stereocenters. The Kier molecular flexibility index (Phi) is 2.74. The van der Waals surface area contributed by atoms with Crippen molar-refractivity contribution in [2.45, 2.75) is 12.5 Å². The van der Waals surface area contributed by atoms with Gasteiger partial charge in [-0.2, -0.15) is 5.10 Å². The molecule has 23 heavy (non-hydrogen) atoms. The molecule has 1 amide bonds. The fraction of sp³-hybridized carbons (Fsp3) is 0.529. The van der Waals surface area contributed by atoms with Gasteiger partial charge in [0.1, 0.15) is 5.75 Å². The average molecular weight is 312 g/mol. The molecule has 5 heterocycles. The van der Waals surface area contributed by atoms with Crippen LogP contribution in [0.5, 0.6) is 5.75 Å². The number of H-pyrrole nitrogens is 1. The molecule has 4 saturated heterocycles. The van der Waals surface area contributed by atoms with Crippen molar-refractivity contribution in [3.63, 3.8) is 0 Å². The molecule has 0 aliphatic carbocycles. The van der Waals surface area contributed by atoms with E-state index in [-0.39, 0.29) is 5.91 Å². The lowest BCUT2D eigenvalue weighted by Crippen LogP contribution is -2.54. The monoisotopic (exact) mass is 312 g/mol. The summed E-state index contributed by atoms with van der Waals surface area (Å²) in [6.07, 6.45) is 1.23. The van der Waals surface area contributed by atoms with Crippen molar-refractivity contribution in [1.29, 1.82) is 0 Å². The van der Waals surface area contributed by atoms with Crippen molar-refractivity contribution >= 4 is 16.8 Å². The topological polar surface area (TPSA) is 61.5 Å². The number of hydrogen-bond donors (Lipinski definition) is 1. The number of aromatic amines is 1. The zero-order valence-electron chi connectivity index (χ0n) is 13.2. The van der Waals surface area contributed by atoms with Gasteiger partial charge in [0.15, 0.2) is 5.69 Å². The first-order valence-electron chi connectivity index (χ1n) is 8.30. The number of ether oxygens (including phenoxy) is 1. The molecule has 120 valence electrons. The minimum Gasteiger partial charge on any atom is -0.496 e. The smallest absolute Gasteiger partial charge is 0.275 e. The fourth-order valence-corrected chi connectivity index (χ4v) is 4.84. The van der Waals surface area contributed by atoms with Crippen LogP contribution in [0.4, 0.5) is 0 Å². The molecular formula is C17H20N4O2. The summed E-state index contributed by atoms with van der Waals surface area (Å²) < 4.78 is 5.44. The number of nitrogens with zero attached hydrogens (tertiary/aromatic N) is 3. The summed E-state index contributed by atoms with van der Waals surface area (Å²) in [6, 6.07) is 6.07. The van der Waals surface area contributed by atoms with E-state index in [1.807, 2.05) is 18.2 Å². The summed E-state index contributed by atoms with van der Waals surface area (Å²) in [5, 5.41) is 8.09. The molecule has 1 aromatic carbocycles. The lowest BCUT2D eigenvalue weighted by atomic mass is 9.80. The number of likely N-dealkylation sites (tertiary alicyclic amines) is 1. The van der Waals surface area contributed by atoms with E-state index in [0.717, 1.165) is 30.5 Å². The summed E-state index contributed by atoms with van der Waals surface area (Å²) in [4.78, 5) is 17.8. The first-order chi connectivity index (χ1) is 11.3. The molecule has 2 unspecified atom stereocenters. The minimum atomic E-state index is 0.0435. The number of nitrogens with one attached hydrogen (secondary N) is 1. The Morgan fingerprint density at radius 2 is 2.26 bits per heavy atom. The van der Waals surface area contributed by atoms with Crippen LogP contribution < -0.4 is 4.74 Å². The van der Waals surface area contributed by atoms with Crippen LogP contribution in [0.3, 0.4) is 0 Å². The molecule has 4 fully saturated rings. The van der Waals surface area contributed by atoms with Crippen molar-refractivity contribution < 1.29 is 9.53 Å². The third-order valence-corrected chi connectivity index (χ3v) is 5.88. The fourth-order valence-electron chi connectivity index (χ4n) is 4.84. The number of rotatable bonds is 2. The zero-order valence-corrected chi connectivity index (χ0v) is 13.2. The van der Waals surface area contributed by atoms with E-state index in [1.54, 1.807) is 7.11 Å². The van der Waals surface area contributed by atoms with E-state index in [4.69, 9.17) is 4.74 Å². The molecule has 4 aliphatic heterocycles. The maximum Gasteiger partial charge on any atom is 0.275 e. The van der Waals surface area contributed by atoms with Gasteiger partial charge in [-0.15, -0.1) is 0 Å². The highest BCUT2D eigenvalue weighted by Gasteiger charge is 2.51. The third kappa shape index (κ3) is 1.78. The number of carbonyl (C=O) groups excluding carboxylic acids is 1. The SMILES string of the molecule is COc1cccc2[nH]nc(C(=O)N3C[C@@H]4CN5CCC4[C@@H]3C5)c12. The Hall–Kier alpha value is -2.08. The van der Waals surface area contributed by atoms with Gasteiger partial charge in [-0.1, -0.05) is 6.07 Å². The Balaban J connectivity index is 1.54. The van der Waals surface area contributed by atoms with Gasteiger partial charge in [-0.25, -0.2) is 0 Å². The summed E-state index contributed by atoms with van der Waals surface area (Å²) >= 11 is 0. The maximum atomic E-state index is 13.2.